The van der Waals surface area contributed by atoms with E-state index in [0.29, 0.717) is 18.9 Å². The number of amides is 2. The van der Waals surface area contributed by atoms with Crippen LogP contribution in [0.2, 0.25) is 0 Å². The highest BCUT2D eigenvalue weighted by Crippen LogP contribution is 2.29. The van der Waals surface area contributed by atoms with Gasteiger partial charge >= 0.3 is 0 Å². The molecule has 4 nitrogen and oxygen atoms in total. The fourth-order valence-electron chi connectivity index (χ4n) is 3.74. The number of hydrogen-bond donors (Lipinski definition) is 1. The molecule has 0 spiro atoms. The zero-order valence-corrected chi connectivity index (χ0v) is 15.3. The Morgan fingerprint density at radius 1 is 1.29 bits per heavy atom. The van der Waals surface area contributed by atoms with E-state index in [2.05, 4.69) is 12.2 Å². The predicted molar refractivity (Wildman–Crippen MR) is 98.2 cm³/mol. The number of rotatable bonds is 4. The molecule has 130 valence electrons. The fraction of sp³-hybridized carbons (Fsp3) is 0.579. The fourth-order valence-corrected chi connectivity index (χ4v) is 4.20. The summed E-state index contributed by atoms with van der Waals surface area (Å²) in [7, 11) is 0. The van der Waals surface area contributed by atoms with E-state index in [-0.39, 0.29) is 23.8 Å². The first-order valence-corrected chi connectivity index (χ1v) is 10.1. The average molecular weight is 346 g/mol. The number of carbonyl (C=O) groups is 2. The predicted octanol–water partition coefficient (Wildman–Crippen LogP) is 3.46. The maximum atomic E-state index is 12.6. The van der Waals surface area contributed by atoms with E-state index in [1.54, 1.807) is 16.7 Å². The summed E-state index contributed by atoms with van der Waals surface area (Å²) in [6.07, 6.45) is 7.03. The van der Waals surface area contributed by atoms with E-state index in [0.717, 1.165) is 17.0 Å². The third-order valence-corrected chi connectivity index (χ3v) is 6.03. The van der Waals surface area contributed by atoms with E-state index in [9.17, 15) is 9.59 Å². The molecule has 1 aliphatic heterocycles. The van der Waals surface area contributed by atoms with Crippen LogP contribution in [0.25, 0.3) is 0 Å². The van der Waals surface area contributed by atoms with Gasteiger partial charge in [0.15, 0.2) is 0 Å². The van der Waals surface area contributed by atoms with Crippen LogP contribution in [0.15, 0.2) is 29.2 Å². The Bertz CT molecular complexity index is 619. The van der Waals surface area contributed by atoms with Gasteiger partial charge in [0.25, 0.3) is 0 Å². The number of nitrogens with one attached hydrogen (secondary N) is 1. The van der Waals surface area contributed by atoms with Crippen molar-refractivity contribution in [2.45, 2.75) is 50.0 Å². The third kappa shape index (κ3) is 3.77. The molecule has 0 bridgehead atoms. The largest absolute Gasteiger partial charge is 0.353 e. The summed E-state index contributed by atoms with van der Waals surface area (Å²) in [4.78, 5) is 27.9. The number of hydrogen-bond acceptors (Lipinski definition) is 3. The molecule has 2 aliphatic rings. The van der Waals surface area contributed by atoms with Crippen molar-refractivity contribution in [2.24, 2.45) is 11.8 Å². The van der Waals surface area contributed by atoms with Gasteiger partial charge in [-0.05, 0) is 43.2 Å². The second-order valence-electron chi connectivity index (χ2n) is 6.98. The summed E-state index contributed by atoms with van der Waals surface area (Å²) in [5.74, 6) is 0.398. The van der Waals surface area contributed by atoms with Crippen LogP contribution >= 0.6 is 11.8 Å². The molecule has 24 heavy (non-hydrogen) atoms. The molecule has 1 heterocycles. The lowest BCUT2D eigenvalue weighted by Gasteiger charge is -2.30. The highest BCUT2D eigenvalue weighted by molar-refractivity contribution is 7.98. The molecule has 1 aromatic rings. The molecule has 3 rings (SSSR count). The van der Waals surface area contributed by atoms with Gasteiger partial charge in [0.1, 0.15) is 0 Å². The number of thioether (sulfide) groups is 1. The van der Waals surface area contributed by atoms with E-state index in [4.69, 9.17) is 0 Å². The van der Waals surface area contributed by atoms with E-state index < -0.39 is 0 Å². The second kappa shape index (κ2) is 7.60. The van der Waals surface area contributed by atoms with Gasteiger partial charge in [-0.2, -0.15) is 0 Å². The Labute approximate surface area is 148 Å². The molecule has 5 heteroatoms. The lowest BCUT2D eigenvalue weighted by atomic mass is 9.85. The average Bonchev–Trinajstić information content (AvgIpc) is 2.99. The molecule has 1 aromatic carbocycles. The van der Waals surface area contributed by atoms with Crippen molar-refractivity contribution in [1.29, 1.82) is 0 Å². The highest BCUT2D eigenvalue weighted by Gasteiger charge is 2.36. The molecule has 0 unspecified atom stereocenters. The molecule has 0 radical (unpaired) electrons. The van der Waals surface area contributed by atoms with Crippen molar-refractivity contribution in [3.8, 4) is 0 Å². The minimum absolute atomic E-state index is 0.0464. The van der Waals surface area contributed by atoms with Gasteiger partial charge in [-0.25, -0.2) is 0 Å². The molecule has 2 fully saturated rings. The van der Waals surface area contributed by atoms with Crippen LogP contribution < -0.4 is 10.2 Å². The molecular weight excluding hydrogens is 320 g/mol. The van der Waals surface area contributed by atoms with Crippen LogP contribution in [-0.2, 0) is 9.59 Å². The molecule has 3 atom stereocenters. The SMILES string of the molecule is CSc1cccc(N2C[C@H](C(=O)N[C@H]3CCCC[C@@H]3C)CC2=O)c1. The zero-order valence-electron chi connectivity index (χ0n) is 14.5. The van der Waals surface area contributed by atoms with Crippen molar-refractivity contribution >= 4 is 29.3 Å². The van der Waals surface area contributed by atoms with Crippen molar-refractivity contribution in [1.82, 2.24) is 5.32 Å². The lowest BCUT2D eigenvalue weighted by molar-refractivity contribution is -0.127. The highest BCUT2D eigenvalue weighted by atomic mass is 32.2. The number of carbonyl (C=O) groups excluding carboxylic acids is 2. The van der Waals surface area contributed by atoms with E-state index >= 15 is 0 Å². The van der Waals surface area contributed by atoms with Crippen LogP contribution in [0.5, 0.6) is 0 Å². The number of benzene rings is 1. The molecular formula is C19H26N2O2S. The molecule has 2 amide bonds. The smallest absolute Gasteiger partial charge is 0.227 e. The molecule has 1 saturated heterocycles. The molecule has 1 N–H and O–H groups in total. The third-order valence-electron chi connectivity index (χ3n) is 5.30. The Balaban J connectivity index is 1.64. The Morgan fingerprint density at radius 2 is 2.08 bits per heavy atom. The number of nitrogens with zero attached hydrogens (tertiary/aromatic N) is 1. The van der Waals surface area contributed by atoms with Gasteiger partial charge in [-0.3, -0.25) is 9.59 Å². The second-order valence-corrected chi connectivity index (χ2v) is 7.86. The number of anilines is 1. The normalized spacial score (nSPS) is 27.3. The van der Waals surface area contributed by atoms with Gasteiger partial charge in [-0.15, -0.1) is 11.8 Å². The summed E-state index contributed by atoms with van der Waals surface area (Å²) in [6.45, 7) is 2.70. The molecule has 1 saturated carbocycles. The van der Waals surface area contributed by atoms with Gasteiger partial charge in [0.05, 0.1) is 5.92 Å². The first-order chi connectivity index (χ1) is 11.6. The lowest BCUT2D eigenvalue weighted by Crippen LogP contribution is -2.44. The maximum Gasteiger partial charge on any atom is 0.227 e. The van der Waals surface area contributed by atoms with E-state index in [1.807, 2.05) is 30.5 Å². The standard InChI is InChI=1S/C19H26N2O2S/c1-13-6-3-4-9-17(13)20-19(23)14-10-18(22)21(12-14)15-7-5-8-16(11-15)24-2/h5,7-8,11,13-14,17H,3-4,6,9-10,12H2,1-2H3,(H,20,23)/t13-,14+,17-/m0/s1. The minimum atomic E-state index is -0.232. The summed E-state index contributed by atoms with van der Waals surface area (Å²) in [6, 6.07) is 8.23. The van der Waals surface area contributed by atoms with Crippen LogP contribution in [0.3, 0.4) is 0 Å². The summed E-state index contributed by atoms with van der Waals surface area (Å²) in [5.41, 5.74) is 0.896. The van der Waals surface area contributed by atoms with Crippen molar-refractivity contribution in [3.63, 3.8) is 0 Å². The van der Waals surface area contributed by atoms with Gasteiger partial charge in [-0.1, -0.05) is 25.8 Å². The van der Waals surface area contributed by atoms with Crippen LogP contribution in [0.4, 0.5) is 5.69 Å². The van der Waals surface area contributed by atoms with Crippen LogP contribution in [-0.4, -0.2) is 30.7 Å². The monoisotopic (exact) mass is 346 g/mol. The molecule has 1 aliphatic carbocycles. The maximum absolute atomic E-state index is 12.6. The Hall–Kier alpha value is -1.49. The quantitative estimate of drug-likeness (QED) is 0.850. The summed E-state index contributed by atoms with van der Waals surface area (Å²) in [5, 5.41) is 3.20. The van der Waals surface area contributed by atoms with Crippen LogP contribution in [0.1, 0.15) is 39.0 Å². The van der Waals surface area contributed by atoms with Gasteiger partial charge in [0, 0.05) is 29.6 Å². The molecule has 0 aromatic heterocycles. The first kappa shape index (κ1) is 17.3. The topological polar surface area (TPSA) is 49.4 Å². The van der Waals surface area contributed by atoms with Crippen molar-refractivity contribution in [3.05, 3.63) is 24.3 Å². The van der Waals surface area contributed by atoms with Gasteiger partial charge in [0.2, 0.25) is 11.8 Å². The Morgan fingerprint density at radius 3 is 2.83 bits per heavy atom. The Kier molecular flexibility index (Phi) is 5.49. The van der Waals surface area contributed by atoms with Crippen molar-refractivity contribution < 1.29 is 9.59 Å². The van der Waals surface area contributed by atoms with Crippen LogP contribution in [0, 0.1) is 11.8 Å². The van der Waals surface area contributed by atoms with E-state index in [1.165, 1.54) is 19.3 Å². The minimum Gasteiger partial charge on any atom is -0.353 e. The first-order valence-electron chi connectivity index (χ1n) is 8.83. The summed E-state index contributed by atoms with van der Waals surface area (Å²) >= 11 is 1.66. The van der Waals surface area contributed by atoms with Crippen molar-refractivity contribution in [2.75, 3.05) is 17.7 Å². The van der Waals surface area contributed by atoms with Gasteiger partial charge < -0.3 is 10.2 Å². The zero-order chi connectivity index (χ0) is 17.1. The summed E-state index contributed by atoms with van der Waals surface area (Å²) < 4.78 is 0.